The summed E-state index contributed by atoms with van der Waals surface area (Å²) in [6, 6.07) is 14.1. The number of fused-ring (bicyclic) bond motifs is 2. The highest BCUT2D eigenvalue weighted by Crippen LogP contribution is 2.33. The van der Waals surface area contributed by atoms with Crippen molar-refractivity contribution in [3.8, 4) is 0 Å². The number of nitro groups is 1. The zero-order chi connectivity index (χ0) is 18.0. The minimum absolute atomic E-state index is 0.0171. The molecule has 1 aliphatic rings. The van der Waals surface area contributed by atoms with Crippen molar-refractivity contribution in [2.24, 2.45) is 0 Å². The molecule has 0 atom stereocenters. The van der Waals surface area contributed by atoms with Gasteiger partial charge in [-0.3, -0.25) is 14.9 Å². The molecule has 3 aromatic rings. The van der Waals surface area contributed by atoms with E-state index in [1.54, 1.807) is 24.3 Å². The van der Waals surface area contributed by atoms with Crippen molar-refractivity contribution in [3.05, 3.63) is 69.9 Å². The van der Waals surface area contributed by atoms with Crippen molar-refractivity contribution >= 4 is 39.8 Å². The first-order valence-corrected chi connectivity index (χ1v) is 8.02. The molecule has 6 nitrogen and oxygen atoms in total. The molecule has 2 N–H and O–H groups in total. The average molecular weight is 335 g/mol. The van der Waals surface area contributed by atoms with Crippen LogP contribution in [0.1, 0.15) is 25.1 Å². The van der Waals surface area contributed by atoms with Gasteiger partial charge in [-0.05, 0) is 18.2 Å². The minimum atomic E-state index is -0.423. The zero-order valence-electron chi connectivity index (χ0n) is 13.9. The number of anilines is 1. The molecule has 1 amide bonds. The maximum absolute atomic E-state index is 12.1. The van der Waals surface area contributed by atoms with Crippen LogP contribution in [0.15, 0.2) is 48.5 Å². The Morgan fingerprint density at radius 1 is 1.08 bits per heavy atom. The van der Waals surface area contributed by atoms with Crippen LogP contribution in [-0.2, 0) is 4.79 Å². The smallest absolute Gasteiger partial charge is 0.293 e. The second-order valence-electron chi connectivity index (χ2n) is 5.28. The van der Waals surface area contributed by atoms with Gasteiger partial charge in [0.25, 0.3) is 11.6 Å². The number of aromatic amines is 1. The first-order chi connectivity index (χ1) is 12.1. The molecule has 1 aliphatic heterocycles. The number of carbonyl (C=O) groups is 1. The highest BCUT2D eigenvalue weighted by molar-refractivity contribution is 6.34. The molecule has 0 unspecified atom stereocenters. The second kappa shape index (κ2) is 6.60. The van der Waals surface area contributed by atoms with E-state index in [1.165, 1.54) is 6.07 Å². The van der Waals surface area contributed by atoms with Crippen LogP contribution in [0.25, 0.3) is 22.6 Å². The maximum Gasteiger partial charge on any atom is 0.293 e. The lowest BCUT2D eigenvalue weighted by Gasteiger charge is -1.96. The summed E-state index contributed by atoms with van der Waals surface area (Å²) in [5, 5.41) is 14.6. The highest BCUT2D eigenvalue weighted by Gasteiger charge is 2.23. The van der Waals surface area contributed by atoms with Crippen LogP contribution in [0, 0.1) is 10.1 Å². The predicted molar refractivity (Wildman–Crippen MR) is 99.2 cm³/mol. The minimum Gasteiger partial charge on any atom is -0.349 e. The number of non-ortho nitro benzene ring substituents is 1. The van der Waals surface area contributed by atoms with Crippen LogP contribution in [-0.4, -0.2) is 15.8 Å². The van der Waals surface area contributed by atoms with Crippen molar-refractivity contribution in [2.75, 3.05) is 5.32 Å². The SMILES string of the molecule is CC.O=C1Nc2ccccc2/C1=C/c1cc2cccc([N+](=O)[O-])c2[nH]1. The van der Waals surface area contributed by atoms with Crippen LogP contribution >= 0.6 is 0 Å². The molecular weight excluding hydrogens is 318 g/mol. The normalized spacial score (nSPS) is 14.0. The molecule has 0 bridgehead atoms. The topological polar surface area (TPSA) is 88.0 Å². The van der Waals surface area contributed by atoms with E-state index in [4.69, 9.17) is 0 Å². The van der Waals surface area contributed by atoms with Crippen LogP contribution in [0.5, 0.6) is 0 Å². The first kappa shape index (κ1) is 16.4. The van der Waals surface area contributed by atoms with Crippen molar-refractivity contribution in [3.63, 3.8) is 0 Å². The molecule has 126 valence electrons. The van der Waals surface area contributed by atoms with Crippen molar-refractivity contribution < 1.29 is 9.72 Å². The summed E-state index contributed by atoms with van der Waals surface area (Å²) >= 11 is 0. The summed E-state index contributed by atoms with van der Waals surface area (Å²) in [4.78, 5) is 25.8. The summed E-state index contributed by atoms with van der Waals surface area (Å²) in [5.74, 6) is -0.181. The number of nitrogens with zero attached hydrogens (tertiary/aromatic N) is 1. The van der Waals surface area contributed by atoms with Gasteiger partial charge in [0.2, 0.25) is 0 Å². The van der Waals surface area contributed by atoms with Gasteiger partial charge in [0.1, 0.15) is 5.52 Å². The highest BCUT2D eigenvalue weighted by atomic mass is 16.6. The number of benzene rings is 2. The molecule has 25 heavy (non-hydrogen) atoms. The van der Waals surface area contributed by atoms with E-state index < -0.39 is 4.92 Å². The number of H-pyrrole nitrogens is 1. The molecule has 0 radical (unpaired) electrons. The molecule has 0 spiro atoms. The van der Waals surface area contributed by atoms with E-state index >= 15 is 0 Å². The Morgan fingerprint density at radius 2 is 1.84 bits per heavy atom. The summed E-state index contributed by atoms with van der Waals surface area (Å²) in [5.41, 5.74) is 3.25. The van der Waals surface area contributed by atoms with E-state index in [0.717, 1.165) is 16.6 Å². The van der Waals surface area contributed by atoms with Gasteiger partial charge in [0.05, 0.1) is 10.5 Å². The molecular formula is C19H17N3O3. The third-order valence-corrected chi connectivity index (χ3v) is 3.86. The Kier molecular flexibility index (Phi) is 4.35. The predicted octanol–water partition coefficient (Wildman–Crippen LogP) is 4.60. The Labute approximate surface area is 144 Å². The first-order valence-electron chi connectivity index (χ1n) is 8.02. The van der Waals surface area contributed by atoms with E-state index in [9.17, 15) is 14.9 Å². The van der Waals surface area contributed by atoms with E-state index in [1.807, 2.05) is 38.1 Å². The molecule has 4 rings (SSSR count). The Hall–Kier alpha value is -3.41. The fraction of sp³-hybridized carbons (Fsp3) is 0.105. The maximum atomic E-state index is 12.1. The van der Waals surface area contributed by atoms with Crippen LogP contribution in [0.3, 0.4) is 0 Å². The molecule has 1 aromatic heterocycles. The average Bonchev–Trinajstić information content (AvgIpc) is 3.17. The number of para-hydroxylation sites is 2. The van der Waals surface area contributed by atoms with Gasteiger partial charge in [-0.15, -0.1) is 0 Å². The molecule has 0 saturated heterocycles. The van der Waals surface area contributed by atoms with Crippen LogP contribution in [0.2, 0.25) is 0 Å². The number of nitrogens with one attached hydrogen (secondary N) is 2. The number of carbonyl (C=O) groups excluding carboxylic acids is 1. The van der Waals surface area contributed by atoms with Gasteiger partial charge in [0, 0.05) is 28.4 Å². The fourth-order valence-electron chi connectivity index (χ4n) is 2.83. The largest absolute Gasteiger partial charge is 0.349 e. The van der Waals surface area contributed by atoms with E-state index in [2.05, 4.69) is 10.3 Å². The second-order valence-corrected chi connectivity index (χ2v) is 5.28. The molecule has 6 heteroatoms. The molecule has 0 aliphatic carbocycles. The molecule has 0 fully saturated rings. The number of nitro benzene ring substituents is 1. The monoisotopic (exact) mass is 335 g/mol. The number of aromatic nitrogens is 1. The van der Waals surface area contributed by atoms with E-state index in [-0.39, 0.29) is 11.6 Å². The number of amides is 1. The van der Waals surface area contributed by atoms with Gasteiger partial charge in [0.15, 0.2) is 0 Å². The summed E-state index contributed by atoms with van der Waals surface area (Å²) in [6.07, 6.45) is 1.71. The fourth-order valence-corrected chi connectivity index (χ4v) is 2.83. The lowest BCUT2D eigenvalue weighted by molar-refractivity contribution is -0.383. The van der Waals surface area contributed by atoms with Gasteiger partial charge in [-0.25, -0.2) is 0 Å². The Bertz CT molecular complexity index is 1000. The standard InChI is InChI=1S/C17H11N3O3.C2H6/c21-17-13(12-5-1-2-6-14(12)19-17)9-11-8-10-4-3-7-15(20(22)23)16(10)18-11;1-2/h1-9,18H,(H,19,21);1-2H3/b13-9-;. The van der Waals surface area contributed by atoms with Crippen LogP contribution < -0.4 is 5.32 Å². The van der Waals surface area contributed by atoms with Crippen molar-refractivity contribution in [2.45, 2.75) is 13.8 Å². The Morgan fingerprint density at radius 3 is 2.60 bits per heavy atom. The summed E-state index contributed by atoms with van der Waals surface area (Å²) in [6.45, 7) is 4.00. The summed E-state index contributed by atoms with van der Waals surface area (Å²) in [7, 11) is 0. The van der Waals surface area contributed by atoms with E-state index in [0.29, 0.717) is 16.8 Å². The lowest BCUT2D eigenvalue weighted by Crippen LogP contribution is -2.03. The third kappa shape index (κ3) is 2.89. The van der Waals surface area contributed by atoms with Gasteiger partial charge >= 0.3 is 0 Å². The molecule has 0 saturated carbocycles. The van der Waals surface area contributed by atoms with Crippen molar-refractivity contribution in [1.82, 2.24) is 4.98 Å². The van der Waals surface area contributed by atoms with Gasteiger partial charge < -0.3 is 10.3 Å². The van der Waals surface area contributed by atoms with Crippen LogP contribution in [0.4, 0.5) is 11.4 Å². The zero-order valence-corrected chi connectivity index (χ0v) is 13.9. The molecule has 2 aromatic carbocycles. The lowest BCUT2D eigenvalue weighted by atomic mass is 10.1. The Balaban J connectivity index is 0.000000880. The quantitative estimate of drug-likeness (QED) is 0.408. The number of rotatable bonds is 2. The van der Waals surface area contributed by atoms with Gasteiger partial charge in [-0.1, -0.05) is 44.2 Å². The third-order valence-electron chi connectivity index (χ3n) is 3.86. The summed E-state index contributed by atoms with van der Waals surface area (Å²) < 4.78 is 0. The molecule has 2 heterocycles. The van der Waals surface area contributed by atoms with Crippen molar-refractivity contribution in [1.29, 1.82) is 0 Å². The van der Waals surface area contributed by atoms with Gasteiger partial charge in [-0.2, -0.15) is 0 Å². The number of hydrogen-bond donors (Lipinski definition) is 2. The number of hydrogen-bond acceptors (Lipinski definition) is 3.